The number of rotatable bonds is 6. The van der Waals surface area contributed by atoms with Crippen LogP contribution < -0.4 is 10.6 Å². The molecule has 40 heavy (non-hydrogen) atoms. The van der Waals surface area contributed by atoms with Crippen LogP contribution in [0.4, 0.5) is 0 Å². The van der Waals surface area contributed by atoms with Gasteiger partial charge in [0.2, 0.25) is 0 Å². The van der Waals surface area contributed by atoms with Crippen molar-refractivity contribution in [2.75, 3.05) is 13.1 Å². The van der Waals surface area contributed by atoms with Crippen LogP contribution in [-0.4, -0.2) is 33.0 Å². The van der Waals surface area contributed by atoms with E-state index in [9.17, 15) is 0 Å². The van der Waals surface area contributed by atoms with Gasteiger partial charge in [0.05, 0.1) is 34.0 Å². The molecule has 0 radical (unpaired) electrons. The first-order chi connectivity index (χ1) is 19.7. The molecule has 3 heterocycles. The summed E-state index contributed by atoms with van der Waals surface area (Å²) in [5, 5.41) is 7.25. The molecule has 0 spiro atoms. The molecule has 2 aliphatic carbocycles. The van der Waals surface area contributed by atoms with Crippen LogP contribution in [0.5, 0.6) is 0 Å². The van der Waals surface area contributed by atoms with E-state index in [0.717, 1.165) is 61.5 Å². The minimum Gasteiger partial charge on any atom is -0.340 e. The van der Waals surface area contributed by atoms with Gasteiger partial charge in [-0.25, -0.2) is 9.97 Å². The Labute approximate surface area is 235 Å². The van der Waals surface area contributed by atoms with Crippen molar-refractivity contribution in [1.82, 2.24) is 30.6 Å². The van der Waals surface area contributed by atoms with E-state index < -0.39 is 0 Å². The highest BCUT2D eigenvalue weighted by atomic mass is 15.1. The molecule has 2 aromatic heterocycles. The van der Waals surface area contributed by atoms with Gasteiger partial charge in [-0.3, -0.25) is 0 Å². The largest absolute Gasteiger partial charge is 0.340 e. The number of aryl methyl sites for hydroxylation is 2. The number of imidazole rings is 2. The second-order valence-corrected chi connectivity index (χ2v) is 11.8. The van der Waals surface area contributed by atoms with Crippen molar-refractivity contribution in [1.29, 1.82) is 0 Å². The molecule has 3 aromatic carbocycles. The standard InChI is InChI=1S/C34H36N6/c1-2-36-34(16-4-17-34)33-38-27-14-11-24(20-30(27)39-33)22-8-6-21(7-9-22)23-10-13-26-25(19-23)12-15-28-31(26)40-32(37-28)29-5-3-18-35-29/h6-11,13-14,19-20,29,35-36H,2-5,12,15-18H2,1H3,(H,37,40)(H,38,39)/t29-/m0/s1. The maximum atomic E-state index is 4.97. The van der Waals surface area contributed by atoms with Crippen molar-refractivity contribution >= 4 is 11.0 Å². The highest BCUT2D eigenvalue weighted by molar-refractivity contribution is 5.83. The molecule has 0 bridgehead atoms. The third-order valence-electron chi connectivity index (χ3n) is 9.40. The van der Waals surface area contributed by atoms with Gasteiger partial charge in [0.1, 0.15) is 11.6 Å². The number of aromatic amines is 2. The molecule has 0 amide bonds. The number of hydrogen-bond donors (Lipinski definition) is 4. The molecular weight excluding hydrogens is 492 g/mol. The zero-order chi connectivity index (χ0) is 26.7. The zero-order valence-electron chi connectivity index (χ0n) is 23.1. The molecule has 3 aliphatic rings. The number of nitrogens with one attached hydrogen (secondary N) is 4. The van der Waals surface area contributed by atoms with Gasteiger partial charge in [0.25, 0.3) is 0 Å². The molecule has 6 heteroatoms. The van der Waals surface area contributed by atoms with E-state index in [1.807, 2.05) is 0 Å². The van der Waals surface area contributed by atoms with Gasteiger partial charge < -0.3 is 20.6 Å². The summed E-state index contributed by atoms with van der Waals surface area (Å²) in [5.41, 5.74) is 12.3. The maximum absolute atomic E-state index is 4.97. The van der Waals surface area contributed by atoms with Crippen LogP contribution in [0.25, 0.3) is 44.5 Å². The van der Waals surface area contributed by atoms with Crippen LogP contribution in [-0.2, 0) is 18.4 Å². The number of fused-ring (bicyclic) bond motifs is 4. The molecule has 8 rings (SSSR count). The monoisotopic (exact) mass is 528 g/mol. The van der Waals surface area contributed by atoms with Gasteiger partial charge in [0.15, 0.2) is 0 Å². The first-order valence-electron chi connectivity index (χ1n) is 15.0. The van der Waals surface area contributed by atoms with Crippen molar-refractivity contribution in [2.45, 2.75) is 63.5 Å². The Kier molecular flexibility index (Phi) is 5.68. The Morgan fingerprint density at radius 3 is 2.35 bits per heavy atom. The summed E-state index contributed by atoms with van der Waals surface area (Å²) in [7, 11) is 0. The molecule has 1 saturated carbocycles. The summed E-state index contributed by atoms with van der Waals surface area (Å²) >= 11 is 0. The molecular formula is C34H36N6. The van der Waals surface area contributed by atoms with Crippen molar-refractivity contribution in [3.63, 3.8) is 0 Å². The zero-order valence-corrected chi connectivity index (χ0v) is 23.1. The highest BCUT2D eigenvalue weighted by Crippen LogP contribution is 2.41. The van der Waals surface area contributed by atoms with Gasteiger partial charge in [-0.2, -0.15) is 0 Å². The molecule has 5 aromatic rings. The fourth-order valence-corrected chi connectivity index (χ4v) is 7.03. The molecule has 0 unspecified atom stereocenters. The van der Waals surface area contributed by atoms with Crippen LogP contribution in [0.3, 0.4) is 0 Å². The van der Waals surface area contributed by atoms with Gasteiger partial charge in [-0.15, -0.1) is 0 Å². The van der Waals surface area contributed by atoms with E-state index in [2.05, 4.69) is 88.2 Å². The molecule has 1 atom stereocenters. The normalized spacial score (nSPS) is 19.4. The smallest absolute Gasteiger partial charge is 0.127 e. The first kappa shape index (κ1) is 24.1. The average Bonchev–Trinajstić information content (AvgIpc) is 3.74. The number of aromatic nitrogens is 4. The lowest BCUT2D eigenvalue weighted by Crippen LogP contribution is -2.48. The summed E-state index contributed by atoms with van der Waals surface area (Å²) in [4.78, 5) is 17.2. The van der Waals surface area contributed by atoms with Crippen LogP contribution in [0.15, 0.2) is 60.7 Å². The minimum atomic E-state index is 0.0267. The van der Waals surface area contributed by atoms with E-state index >= 15 is 0 Å². The quantitative estimate of drug-likeness (QED) is 0.195. The van der Waals surface area contributed by atoms with Crippen LogP contribution in [0.2, 0.25) is 0 Å². The average molecular weight is 529 g/mol. The van der Waals surface area contributed by atoms with E-state index in [1.54, 1.807) is 0 Å². The van der Waals surface area contributed by atoms with E-state index in [4.69, 9.17) is 9.97 Å². The summed E-state index contributed by atoms with van der Waals surface area (Å²) in [5.74, 6) is 2.20. The van der Waals surface area contributed by atoms with Crippen LogP contribution in [0, 0.1) is 0 Å². The molecule has 1 aliphatic heterocycles. The number of benzene rings is 3. The van der Waals surface area contributed by atoms with Gasteiger partial charge in [0, 0.05) is 5.56 Å². The fourth-order valence-electron chi connectivity index (χ4n) is 7.03. The summed E-state index contributed by atoms with van der Waals surface area (Å²) < 4.78 is 0. The Bertz CT molecular complexity index is 1700. The molecule has 6 nitrogen and oxygen atoms in total. The van der Waals surface area contributed by atoms with Crippen molar-refractivity contribution in [2.24, 2.45) is 0 Å². The summed E-state index contributed by atoms with van der Waals surface area (Å²) in [6, 6.07) is 22.9. The molecule has 4 N–H and O–H groups in total. The lowest BCUT2D eigenvalue weighted by Gasteiger charge is -2.40. The Morgan fingerprint density at radius 2 is 1.62 bits per heavy atom. The second-order valence-electron chi connectivity index (χ2n) is 11.8. The third-order valence-corrected chi connectivity index (χ3v) is 9.40. The Balaban J connectivity index is 1.05. The molecule has 2 fully saturated rings. The Morgan fingerprint density at radius 1 is 0.850 bits per heavy atom. The summed E-state index contributed by atoms with van der Waals surface area (Å²) in [6.45, 7) is 4.22. The van der Waals surface area contributed by atoms with Gasteiger partial charge in [-0.05, 0) is 98.0 Å². The number of nitrogens with zero attached hydrogens (tertiary/aromatic N) is 2. The molecule has 1 saturated heterocycles. The molecule has 202 valence electrons. The number of hydrogen-bond acceptors (Lipinski definition) is 4. The van der Waals surface area contributed by atoms with E-state index in [-0.39, 0.29) is 5.54 Å². The second kappa shape index (κ2) is 9.43. The predicted molar refractivity (Wildman–Crippen MR) is 161 cm³/mol. The highest BCUT2D eigenvalue weighted by Gasteiger charge is 2.40. The third kappa shape index (κ3) is 3.93. The minimum absolute atomic E-state index is 0.0267. The SMILES string of the molecule is CCNC1(c2nc3ccc(-c4ccc(-c5ccc6c(c5)CCc5nc([C@@H]7CCCN7)[nH]c5-6)cc4)cc3[nH]2)CCC1. The maximum Gasteiger partial charge on any atom is 0.127 e. The topological polar surface area (TPSA) is 81.4 Å². The number of H-pyrrole nitrogens is 2. The first-order valence-corrected chi connectivity index (χ1v) is 15.0. The Hall–Kier alpha value is -3.74. The van der Waals surface area contributed by atoms with E-state index in [1.165, 1.54) is 64.0 Å². The van der Waals surface area contributed by atoms with Crippen LogP contribution >= 0.6 is 0 Å². The predicted octanol–water partition coefficient (Wildman–Crippen LogP) is 6.80. The van der Waals surface area contributed by atoms with Crippen molar-refractivity contribution in [3.05, 3.63) is 83.6 Å². The lowest BCUT2D eigenvalue weighted by atomic mass is 9.76. The summed E-state index contributed by atoms with van der Waals surface area (Å²) in [6.07, 6.45) is 8.00. The van der Waals surface area contributed by atoms with Crippen molar-refractivity contribution in [3.8, 4) is 33.5 Å². The van der Waals surface area contributed by atoms with E-state index in [0.29, 0.717) is 6.04 Å². The fraction of sp³-hybridized carbons (Fsp3) is 0.353. The lowest BCUT2D eigenvalue weighted by molar-refractivity contribution is 0.179. The van der Waals surface area contributed by atoms with Crippen LogP contribution in [0.1, 0.15) is 68.0 Å². The van der Waals surface area contributed by atoms with Crippen molar-refractivity contribution < 1.29 is 0 Å². The van der Waals surface area contributed by atoms with Gasteiger partial charge >= 0.3 is 0 Å². The van der Waals surface area contributed by atoms with Gasteiger partial charge in [-0.1, -0.05) is 55.5 Å².